The van der Waals surface area contributed by atoms with Crippen LogP contribution in [0, 0.1) is 12.8 Å². The Balaban J connectivity index is 1.75. The van der Waals surface area contributed by atoms with Crippen molar-refractivity contribution in [3.63, 3.8) is 0 Å². The molecule has 164 valence electrons. The Morgan fingerprint density at radius 3 is 2.61 bits per heavy atom. The molecule has 1 fully saturated rings. The van der Waals surface area contributed by atoms with Gasteiger partial charge < -0.3 is 15.1 Å². The lowest BCUT2D eigenvalue weighted by molar-refractivity contribution is -0.120. The molecule has 0 unspecified atom stereocenters. The van der Waals surface area contributed by atoms with Crippen molar-refractivity contribution >= 4 is 28.2 Å². The van der Waals surface area contributed by atoms with Crippen molar-refractivity contribution in [1.82, 2.24) is 9.97 Å². The van der Waals surface area contributed by atoms with Gasteiger partial charge in [0.25, 0.3) is 0 Å². The summed E-state index contributed by atoms with van der Waals surface area (Å²) in [6.45, 7) is -0.0127. The monoisotopic (exact) mass is 428 g/mol. The van der Waals surface area contributed by atoms with Gasteiger partial charge in [-0.2, -0.15) is 0 Å². The first-order chi connectivity index (χ1) is 15.1. The minimum absolute atomic E-state index is 0.0688. The zero-order chi connectivity index (χ0) is 21.8. The number of carbonyl (C=O) groups is 1. The van der Waals surface area contributed by atoms with Gasteiger partial charge in [0, 0.05) is 35.4 Å². The first-order valence-corrected chi connectivity index (χ1v) is 10.6. The van der Waals surface area contributed by atoms with E-state index in [4.69, 9.17) is 4.42 Å². The molecular formula is C23H26F2N4O2. The normalized spacial score (nSPS) is 14.8. The Labute approximate surface area is 179 Å². The molecule has 0 saturated heterocycles. The molecule has 31 heavy (non-hydrogen) atoms. The van der Waals surface area contributed by atoms with E-state index in [2.05, 4.69) is 20.6 Å². The molecule has 1 amide bonds. The summed E-state index contributed by atoms with van der Waals surface area (Å²) >= 11 is 0. The molecule has 1 aliphatic rings. The van der Waals surface area contributed by atoms with Gasteiger partial charge in [0.05, 0.1) is 17.9 Å². The van der Waals surface area contributed by atoms with Crippen LogP contribution in [0.5, 0.6) is 0 Å². The van der Waals surface area contributed by atoms with Crippen LogP contribution < -0.4 is 10.6 Å². The quantitative estimate of drug-likeness (QED) is 0.524. The van der Waals surface area contributed by atoms with Crippen molar-refractivity contribution in [3.8, 4) is 11.3 Å². The third-order valence-corrected chi connectivity index (χ3v) is 5.74. The highest BCUT2D eigenvalue weighted by atomic mass is 19.1. The second-order valence-electron chi connectivity index (χ2n) is 8.00. The van der Waals surface area contributed by atoms with Crippen LogP contribution in [0.2, 0.25) is 0 Å². The number of nitrogens with zero attached hydrogens (tertiary/aromatic N) is 2. The van der Waals surface area contributed by atoms with Gasteiger partial charge in [-0.1, -0.05) is 31.4 Å². The number of halogens is 2. The molecular weight excluding hydrogens is 402 g/mol. The van der Waals surface area contributed by atoms with Crippen molar-refractivity contribution < 1.29 is 18.0 Å². The highest BCUT2D eigenvalue weighted by Gasteiger charge is 2.24. The summed E-state index contributed by atoms with van der Waals surface area (Å²) in [5.74, 6) is 1.23. The third kappa shape index (κ3) is 4.68. The molecule has 8 heteroatoms. The van der Waals surface area contributed by atoms with Gasteiger partial charge in [0.1, 0.15) is 13.3 Å². The molecule has 0 bridgehead atoms. The van der Waals surface area contributed by atoms with E-state index in [1.165, 1.54) is 0 Å². The molecule has 0 spiro atoms. The average molecular weight is 428 g/mol. The molecule has 0 atom stereocenters. The van der Waals surface area contributed by atoms with E-state index < -0.39 is 19.4 Å². The lowest BCUT2D eigenvalue weighted by atomic mass is 9.88. The molecule has 0 radical (unpaired) electrons. The SMILES string of the molecule is Cc1ncc(-c2ccc3cnc(NC(=O)C4CCCCC4)c(NC(CF)CF)c3c2)o1. The highest BCUT2D eigenvalue weighted by molar-refractivity contribution is 6.04. The Hall–Kier alpha value is -3.03. The number of anilines is 2. The largest absolute Gasteiger partial charge is 0.441 e. The lowest BCUT2D eigenvalue weighted by Crippen LogP contribution is -2.28. The van der Waals surface area contributed by atoms with E-state index in [0.29, 0.717) is 22.7 Å². The number of amides is 1. The number of benzene rings is 1. The molecule has 6 nitrogen and oxygen atoms in total. The predicted octanol–water partition coefficient (Wildman–Crippen LogP) is 5.44. The molecule has 2 N–H and O–H groups in total. The maximum atomic E-state index is 13.3. The number of alkyl halides is 2. The van der Waals surface area contributed by atoms with Crippen molar-refractivity contribution in [3.05, 3.63) is 36.5 Å². The number of carbonyl (C=O) groups excluding carboxylic acids is 1. The smallest absolute Gasteiger partial charge is 0.228 e. The second-order valence-corrected chi connectivity index (χ2v) is 8.00. The van der Waals surface area contributed by atoms with E-state index in [0.717, 1.165) is 43.1 Å². The van der Waals surface area contributed by atoms with Gasteiger partial charge >= 0.3 is 0 Å². The van der Waals surface area contributed by atoms with Gasteiger partial charge in [-0.05, 0) is 18.9 Å². The van der Waals surface area contributed by atoms with Crippen LogP contribution in [-0.2, 0) is 4.79 Å². The molecule has 3 aromatic rings. The standard InChI is InChI=1S/C23H26F2N4O2/c1-14-26-13-20(31-14)16-7-8-17-12-27-22(29-23(30)15-5-3-2-4-6-15)21(19(17)9-16)28-18(10-24)11-25/h7-9,12-13,15,18,28H,2-6,10-11H2,1H3,(H,27,29,30). The summed E-state index contributed by atoms with van der Waals surface area (Å²) in [6, 6.07) is 4.54. The van der Waals surface area contributed by atoms with Crippen LogP contribution in [0.25, 0.3) is 22.1 Å². The number of aromatic nitrogens is 2. The maximum Gasteiger partial charge on any atom is 0.228 e. The molecule has 0 aliphatic heterocycles. The number of oxazole rings is 1. The summed E-state index contributed by atoms with van der Waals surface area (Å²) < 4.78 is 32.3. The molecule has 1 aliphatic carbocycles. The van der Waals surface area contributed by atoms with Crippen LogP contribution >= 0.6 is 0 Å². The van der Waals surface area contributed by atoms with Crippen LogP contribution in [0.1, 0.15) is 38.0 Å². The predicted molar refractivity (Wildman–Crippen MR) is 117 cm³/mol. The minimum Gasteiger partial charge on any atom is -0.441 e. The Morgan fingerprint density at radius 2 is 1.94 bits per heavy atom. The maximum absolute atomic E-state index is 13.3. The van der Waals surface area contributed by atoms with E-state index in [1.54, 1.807) is 19.3 Å². The summed E-state index contributed by atoms with van der Waals surface area (Å²) in [5.41, 5.74) is 1.17. The van der Waals surface area contributed by atoms with Gasteiger partial charge in [-0.3, -0.25) is 4.79 Å². The van der Waals surface area contributed by atoms with Gasteiger partial charge in [0.2, 0.25) is 5.91 Å². The van der Waals surface area contributed by atoms with E-state index in [9.17, 15) is 13.6 Å². The topological polar surface area (TPSA) is 80.0 Å². The van der Waals surface area contributed by atoms with Crippen LogP contribution in [0.15, 0.2) is 35.0 Å². The first kappa shape index (κ1) is 21.2. The zero-order valence-electron chi connectivity index (χ0n) is 17.5. The van der Waals surface area contributed by atoms with Gasteiger partial charge in [0.15, 0.2) is 17.5 Å². The fourth-order valence-electron chi connectivity index (χ4n) is 4.01. The summed E-state index contributed by atoms with van der Waals surface area (Å²) in [7, 11) is 0. The molecule has 1 aromatic carbocycles. The number of rotatable bonds is 7. The lowest BCUT2D eigenvalue weighted by Gasteiger charge is -2.23. The highest BCUT2D eigenvalue weighted by Crippen LogP contribution is 2.35. The second kappa shape index (κ2) is 9.41. The number of pyridine rings is 1. The van der Waals surface area contributed by atoms with Crippen LogP contribution in [-0.4, -0.2) is 35.3 Å². The molecule has 1 saturated carbocycles. The fraction of sp³-hybridized carbons (Fsp3) is 0.435. The third-order valence-electron chi connectivity index (χ3n) is 5.74. The van der Waals surface area contributed by atoms with Crippen LogP contribution in [0.4, 0.5) is 20.3 Å². The number of aryl methyl sites for hydroxylation is 1. The van der Waals surface area contributed by atoms with Crippen molar-refractivity contribution in [2.24, 2.45) is 5.92 Å². The summed E-state index contributed by atoms with van der Waals surface area (Å²) in [6.07, 6.45) is 8.15. The van der Waals surface area contributed by atoms with Crippen molar-refractivity contribution in [2.75, 3.05) is 24.0 Å². The minimum atomic E-state index is -1.03. The fourth-order valence-corrected chi connectivity index (χ4v) is 4.01. The van der Waals surface area contributed by atoms with E-state index >= 15 is 0 Å². The Morgan fingerprint density at radius 1 is 1.16 bits per heavy atom. The number of hydrogen-bond acceptors (Lipinski definition) is 5. The molecule has 2 aromatic heterocycles. The first-order valence-electron chi connectivity index (χ1n) is 10.6. The number of hydrogen-bond donors (Lipinski definition) is 2. The Bertz CT molecular complexity index is 1060. The summed E-state index contributed by atoms with van der Waals surface area (Å²) in [4.78, 5) is 21.3. The molecule has 4 rings (SSSR count). The van der Waals surface area contributed by atoms with Crippen LogP contribution in [0.3, 0.4) is 0 Å². The van der Waals surface area contributed by atoms with Crippen molar-refractivity contribution in [1.29, 1.82) is 0 Å². The zero-order valence-corrected chi connectivity index (χ0v) is 17.5. The summed E-state index contributed by atoms with van der Waals surface area (Å²) in [5, 5.41) is 7.26. The Kier molecular flexibility index (Phi) is 6.44. The van der Waals surface area contributed by atoms with E-state index in [1.807, 2.05) is 18.2 Å². The average Bonchev–Trinajstić information content (AvgIpc) is 3.24. The van der Waals surface area contributed by atoms with Gasteiger partial charge in [-0.15, -0.1) is 0 Å². The van der Waals surface area contributed by atoms with Gasteiger partial charge in [-0.25, -0.2) is 18.7 Å². The van der Waals surface area contributed by atoms with E-state index in [-0.39, 0.29) is 17.6 Å². The van der Waals surface area contributed by atoms with Crippen molar-refractivity contribution in [2.45, 2.75) is 45.1 Å². The molecule has 2 heterocycles. The number of fused-ring (bicyclic) bond motifs is 1. The number of nitrogens with one attached hydrogen (secondary N) is 2.